The summed E-state index contributed by atoms with van der Waals surface area (Å²) in [7, 11) is 0. The number of anilines is 2. The number of benzene rings is 1. The van der Waals surface area contributed by atoms with E-state index in [1.807, 2.05) is 24.3 Å². The molecular weight excluding hydrogens is 252 g/mol. The van der Waals surface area contributed by atoms with Crippen LogP contribution in [-0.4, -0.2) is 24.2 Å². The van der Waals surface area contributed by atoms with Crippen molar-refractivity contribution >= 4 is 17.3 Å². The Labute approximate surface area is 119 Å². The molecule has 1 spiro atoms. The van der Waals surface area contributed by atoms with Gasteiger partial charge in [-0.15, -0.1) is 0 Å². The van der Waals surface area contributed by atoms with Gasteiger partial charge in [0, 0.05) is 30.9 Å². The van der Waals surface area contributed by atoms with E-state index in [-0.39, 0.29) is 11.5 Å². The van der Waals surface area contributed by atoms with Gasteiger partial charge in [-0.05, 0) is 50.3 Å². The molecule has 1 saturated heterocycles. The van der Waals surface area contributed by atoms with Crippen molar-refractivity contribution in [1.29, 1.82) is 0 Å². The van der Waals surface area contributed by atoms with E-state index in [1.54, 1.807) is 0 Å². The minimum atomic E-state index is -0.0402. The van der Waals surface area contributed by atoms with Crippen molar-refractivity contribution in [2.75, 3.05) is 17.2 Å². The summed E-state index contributed by atoms with van der Waals surface area (Å²) < 4.78 is 5.95. The van der Waals surface area contributed by atoms with Crippen molar-refractivity contribution in [1.82, 2.24) is 0 Å². The molecule has 1 aliphatic carbocycles. The van der Waals surface area contributed by atoms with Crippen LogP contribution >= 0.6 is 0 Å². The highest BCUT2D eigenvalue weighted by Gasteiger charge is 2.42. The molecule has 0 radical (unpaired) electrons. The zero-order chi connectivity index (χ0) is 14.0. The Kier molecular flexibility index (Phi) is 3.66. The van der Waals surface area contributed by atoms with Gasteiger partial charge < -0.3 is 15.4 Å². The van der Waals surface area contributed by atoms with Crippen LogP contribution in [0.5, 0.6) is 0 Å². The molecule has 0 aromatic heterocycles. The maximum absolute atomic E-state index is 11.1. The number of amides is 1. The molecule has 4 nitrogen and oxygen atoms in total. The predicted molar refractivity (Wildman–Crippen MR) is 79.9 cm³/mol. The van der Waals surface area contributed by atoms with Gasteiger partial charge in [-0.25, -0.2) is 0 Å². The Bertz CT molecular complexity index is 497. The molecule has 1 aromatic carbocycles. The zero-order valence-corrected chi connectivity index (χ0v) is 11.9. The monoisotopic (exact) mass is 274 g/mol. The van der Waals surface area contributed by atoms with Crippen LogP contribution in [0.15, 0.2) is 24.3 Å². The third kappa shape index (κ3) is 2.96. The van der Waals surface area contributed by atoms with E-state index >= 15 is 0 Å². The lowest BCUT2D eigenvalue weighted by Gasteiger charge is -2.47. The highest BCUT2D eigenvalue weighted by molar-refractivity contribution is 5.89. The minimum absolute atomic E-state index is 0.0402. The van der Waals surface area contributed by atoms with E-state index in [4.69, 9.17) is 4.74 Å². The van der Waals surface area contributed by atoms with Crippen molar-refractivity contribution in [2.24, 2.45) is 0 Å². The Morgan fingerprint density at radius 3 is 2.85 bits per heavy atom. The largest absolute Gasteiger partial charge is 0.382 e. The second-order valence-corrected chi connectivity index (χ2v) is 5.98. The predicted octanol–water partition coefficient (Wildman–Crippen LogP) is 3.16. The SMILES string of the molecule is CC(=O)Nc1cccc(NC2CCOC3(CCC3)C2)c1. The molecule has 2 fully saturated rings. The molecule has 3 rings (SSSR count). The van der Waals surface area contributed by atoms with E-state index < -0.39 is 0 Å². The zero-order valence-electron chi connectivity index (χ0n) is 11.9. The summed E-state index contributed by atoms with van der Waals surface area (Å²) in [4.78, 5) is 11.1. The van der Waals surface area contributed by atoms with Crippen molar-refractivity contribution in [3.8, 4) is 0 Å². The molecular formula is C16H22N2O2. The molecule has 1 aromatic rings. The van der Waals surface area contributed by atoms with Gasteiger partial charge in [0.1, 0.15) is 0 Å². The van der Waals surface area contributed by atoms with Crippen LogP contribution < -0.4 is 10.6 Å². The highest BCUT2D eigenvalue weighted by atomic mass is 16.5. The van der Waals surface area contributed by atoms with E-state index in [9.17, 15) is 4.79 Å². The topological polar surface area (TPSA) is 50.4 Å². The summed E-state index contributed by atoms with van der Waals surface area (Å²) in [5.41, 5.74) is 2.07. The summed E-state index contributed by atoms with van der Waals surface area (Å²) >= 11 is 0. The second-order valence-electron chi connectivity index (χ2n) is 5.98. The van der Waals surface area contributed by atoms with Gasteiger partial charge in [0.05, 0.1) is 5.60 Å². The maximum Gasteiger partial charge on any atom is 0.221 e. The highest BCUT2D eigenvalue weighted by Crippen LogP contribution is 2.42. The lowest BCUT2D eigenvalue weighted by molar-refractivity contribution is -0.130. The number of hydrogen-bond acceptors (Lipinski definition) is 3. The van der Waals surface area contributed by atoms with Gasteiger partial charge in [0.2, 0.25) is 5.91 Å². The fraction of sp³-hybridized carbons (Fsp3) is 0.562. The van der Waals surface area contributed by atoms with Gasteiger partial charge in [-0.2, -0.15) is 0 Å². The second kappa shape index (κ2) is 5.44. The Hall–Kier alpha value is -1.55. The third-order valence-electron chi connectivity index (χ3n) is 4.31. The fourth-order valence-corrected chi connectivity index (χ4v) is 3.20. The van der Waals surface area contributed by atoms with Crippen LogP contribution in [0.1, 0.15) is 39.0 Å². The molecule has 20 heavy (non-hydrogen) atoms. The van der Waals surface area contributed by atoms with Crippen LogP contribution in [0.2, 0.25) is 0 Å². The quantitative estimate of drug-likeness (QED) is 0.890. The van der Waals surface area contributed by atoms with Gasteiger partial charge in [-0.1, -0.05) is 6.07 Å². The molecule has 1 amide bonds. The first-order valence-electron chi connectivity index (χ1n) is 7.43. The number of carbonyl (C=O) groups excluding carboxylic acids is 1. The van der Waals surface area contributed by atoms with Crippen LogP contribution in [0.3, 0.4) is 0 Å². The van der Waals surface area contributed by atoms with Crippen LogP contribution in [0.25, 0.3) is 0 Å². The molecule has 1 aliphatic heterocycles. The average molecular weight is 274 g/mol. The lowest BCUT2D eigenvalue weighted by atomic mass is 9.74. The molecule has 1 heterocycles. The van der Waals surface area contributed by atoms with E-state index in [0.29, 0.717) is 6.04 Å². The van der Waals surface area contributed by atoms with Crippen LogP contribution in [0, 0.1) is 0 Å². The van der Waals surface area contributed by atoms with E-state index in [2.05, 4.69) is 10.6 Å². The van der Waals surface area contributed by atoms with Gasteiger partial charge in [0.15, 0.2) is 0 Å². The fourth-order valence-electron chi connectivity index (χ4n) is 3.20. The van der Waals surface area contributed by atoms with Gasteiger partial charge in [-0.3, -0.25) is 4.79 Å². The Morgan fingerprint density at radius 2 is 2.15 bits per heavy atom. The molecule has 1 unspecified atom stereocenters. The van der Waals surface area contributed by atoms with Crippen molar-refractivity contribution in [3.05, 3.63) is 24.3 Å². The van der Waals surface area contributed by atoms with Gasteiger partial charge >= 0.3 is 0 Å². The molecule has 4 heteroatoms. The van der Waals surface area contributed by atoms with Gasteiger partial charge in [0.25, 0.3) is 0 Å². The number of carbonyl (C=O) groups is 1. The first-order valence-corrected chi connectivity index (χ1v) is 7.43. The van der Waals surface area contributed by atoms with E-state index in [0.717, 1.165) is 30.8 Å². The minimum Gasteiger partial charge on any atom is -0.382 e. The number of hydrogen-bond donors (Lipinski definition) is 2. The number of ether oxygens (including phenoxy) is 1. The summed E-state index contributed by atoms with van der Waals surface area (Å²) in [6, 6.07) is 8.38. The molecule has 108 valence electrons. The molecule has 1 saturated carbocycles. The Morgan fingerprint density at radius 1 is 1.35 bits per heavy atom. The molecule has 1 atom stereocenters. The summed E-state index contributed by atoms with van der Waals surface area (Å²) in [5, 5.41) is 6.40. The summed E-state index contributed by atoms with van der Waals surface area (Å²) in [5.74, 6) is -0.0402. The first-order chi connectivity index (χ1) is 9.65. The summed E-state index contributed by atoms with van der Waals surface area (Å²) in [6.45, 7) is 2.38. The summed E-state index contributed by atoms with van der Waals surface area (Å²) in [6.07, 6.45) is 5.85. The molecule has 0 bridgehead atoms. The van der Waals surface area contributed by atoms with Crippen LogP contribution in [-0.2, 0) is 9.53 Å². The molecule has 2 N–H and O–H groups in total. The van der Waals surface area contributed by atoms with Crippen molar-refractivity contribution in [3.63, 3.8) is 0 Å². The van der Waals surface area contributed by atoms with E-state index in [1.165, 1.54) is 26.2 Å². The Balaban J connectivity index is 1.63. The third-order valence-corrected chi connectivity index (χ3v) is 4.31. The average Bonchev–Trinajstić information content (AvgIpc) is 2.37. The lowest BCUT2D eigenvalue weighted by Crippen LogP contribution is -2.49. The van der Waals surface area contributed by atoms with Crippen molar-refractivity contribution < 1.29 is 9.53 Å². The normalized spacial score (nSPS) is 23.9. The smallest absolute Gasteiger partial charge is 0.221 e. The van der Waals surface area contributed by atoms with Crippen molar-refractivity contribution in [2.45, 2.75) is 50.7 Å². The molecule has 2 aliphatic rings. The standard InChI is InChI=1S/C16H22N2O2/c1-12(19)17-13-4-2-5-14(10-13)18-15-6-9-20-16(11-15)7-3-8-16/h2,4-5,10,15,18H,3,6-9,11H2,1H3,(H,17,19). The number of nitrogens with one attached hydrogen (secondary N) is 2. The van der Waals surface area contributed by atoms with Crippen LogP contribution in [0.4, 0.5) is 11.4 Å². The number of rotatable bonds is 3. The maximum atomic E-state index is 11.1. The first kappa shape index (κ1) is 13.4.